The second-order valence-electron chi connectivity index (χ2n) is 2.70. The van der Waals surface area contributed by atoms with Gasteiger partial charge in [0.25, 0.3) is 0 Å². The first kappa shape index (κ1) is 10.8. The monoisotopic (exact) mass is 214 g/mol. The number of benzene rings is 1. The normalized spacial score (nSPS) is 11.7. The smallest absolute Gasteiger partial charge is 0.173 e. The Balaban J connectivity index is 3.13. The van der Waals surface area contributed by atoms with Crippen molar-refractivity contribution in [1.29, 1.82) is 0 Å². The summed E-state index contributed by atoms with van der Waals surface area (Å²) in [5.74, 6) is -0.0548. The highest BCUT2D eigenvalue weighted by molar-refractivity contribution is 7.97. The number of oxime groups is 1. The summed E-state index contributed by atoms with van der Waals surface area (Å²) in [4.78, 5) is 0. The zero-order valence-corrected chi connectivity index (χ0v) is 8.51. The molecule has 1 rings (SSSR count). The van der Waals surface area contributed by atoms with E-state index < -0.39 is 5.82 Å². The van der Waals surface area contributed by atoms with Gasteiger partial charge in [0.15, 0.2) is 5.84 Å². The highest BCUT2D eigenvalue weighted by Crippen LogP contribution is 2.17. The standard InChI is InChI=1S/C9H11FN2OS/c1-14-5-6-3-2-4-7(8(6)10)9(11)12-13/h2-4,13H,5H2,1H3,(H2,11,12). The Morgan fingerprint density at radius 3 is 2.93 bits per heavy atom. The molecule has 3 nitrogen and oxygen atoms in total. The lowest BCUT2D eigenvalue weighted by atomic mass is 10.1. The maximum Gasteiger partial charge on any atom is 0.173 e. The minimum atomic E-state index is -0.419. The number of nitrogens with two attached hydrogens (primary N) is 1. The van der Waals surface area contributed by atoms with Crippen molar-refractivity contribution in [3.8, 4) is 0 Å². The van der Waals surface area contributed by atoms with E-state index in [1.165, 1.54) is 17.8 Å². The Labute approximate surface area is 85.8 Å². The predicted octanol–water partition coefficient (Wildman–Crippen LogP) is 1.78. The van der Waals surface area contributed by atoms with Gasteiger partial charge in [-0.1, -0.05) is 17.3 Å². The van der Waals surface area contributed by atoms with Crippen molar-refractivity contribution in [2.75, 3.05) is 6.26 Å². The van der Waals surface area contributed by atoms with E-state index in [2.05, 4.69) is 5.16 Å². The molecule has 0 atom stereocenters. The fourth-order valence-corrected chi connectivity index (χ4v) is 1.63. The van der Waals surface area contributed by atoms with E-state index in [-0.39, 0.29) is 11.4 Å². The summed E-state index contributed by atoms with van der Waals surface area (Å²) in [7, 11) is 0. The fourth-order valence-electron chi connectivity index (χ4n) is 1.10. The number of halogens is 1. The molecule has 0 unspecified atom stereocenters. The summed E-state index contributed by atoms with van der Waals surface area (Å²) in [6, 6.07) is 4.84. The molecule has 76 valence electrons. The van der Waals surface area contributed by atoms with Gasteiger partial charge in [-0.05, 0) is 17.9 Å². The van der Waals surface area contributed by atoms with Crippen LogP contribution in [0.15, 0.2) is 23.4 Å². The van der Waals surface area contributed by atoms with Crippen molar-refractivity contribution < 1.29 is 9.60 Å². The van der Waals surface area contributed by atoms with Gasteiger partial charge in [0, 0.05) is 5.75 Å². The van der Waals surface area contributed by atoms with Crippen LogP contribution in [-0.4, -0.2) is 17.3 Å². The minimum Gasteiger partial charge on any atom is -0.409 e. The molecule has 0 aromatic heterocycles. The van der Waals surface area contributed by atoms with E-state index in [0.29, 0.717) is 11.3 Å². The zero-order chi connectivity index (χ0) is 10.6. The van der Waals surface area contributed by atoms with Crippen LogP contribution in [0.4, 0.5) is 4.39 Å². The summed E-state index contributed by atoms with van der Waals surface area (Å²) in [6.07, 6.45) is 1.88. The molecule has 5 heteroatoms. The van der Waals surface area contributed by atoms with Gasteiger partial charge in [-0.2, -0.15) is 11.8 Å². The summed E-state index contributed by atoms with van der Waals surface area (Å²) < 4.78 is 13.6. The zero-order valence-electron chi connectivity index (χ0n) is 7.70. The van der Waals surface area contributed by atoms with Crippen LogP contribution < -0.4 is 5.73 Å². The topological polar surface area (TPSA) is 58.6 Å². The minimum absolute atomic E-state index is 0.138. The van der Waals surface area contributed by atoms with Gasteiger partial charge in [-0.3, -0.25) is 0 Å². The second-order valence-corrected chi connectivity index (χ2v) is 3.56. The van der Waals surface area contributed by atoms with E-state index in [4.69, 9.17) is 10.9 Å². The molecule has 0 heterocycles. The first-order chi connectivity index (χ1) is 6.70. The molecular formula is C9H11FN2OS. The van der Waals surface area contributed by atoms with Gasteiger partial charge in [0.05, 0.1) is 5.56 Å². The van der Waals surface area contributed by atoms with Crippen molar-refractivity contribution in [3.05, 3.63) is 35.1 Å². The van der Waals surface area contributed by atoms with Gasteiger partial charge in [0.1, 0.15) is 5.82 Å². The highest BCUT2D eigenvalue weighted by atomic mass is 32.2. The van der Waals surface area contributed by atoms with Crippen LogP contribution in [0.3, 0.4) is 0 Å². The summed E-state index contributed by atoms with van der Waals surface area (Å²) >= 11 is 1.51. The maximum absolute atomic E-state index is 13.6. The average molecular weight is 214 g/mol. The molecular weight excluding hydrogens is 203 g/mol. The average Bonchev–Trinajstić information content (AvgIpc) is 2.20. The first-order valence-corrected chi connectivity index (χ1v) is 5.34. The van der Waals surface area contributed by atoms with Crippen molar-refractivity contribution in [3.63, 3.8) is 0 Å². The van der Waals surface area contributed by atoms with Gasteiger partial charge in [-0.15, -0.1) is 0 Å². The second kappa shape index (κ2) is 4.85. The van der Waals surface area contributed by atoms with Crippen LogP contribution in [0.5, 0.6) is 0 Å². The summed E-state index contributed by atoms with van der Waals surface area (Å²) in [5.41, 5.74) is 6.01. The van der Waals surface area contributed by atoms with E-state index in [9.17, 15) is 4.39 Å². The number of thioether (sulfide) groups is 1. The molecule has 0 aliphatic rings. The lowest BCUT2D eigenvalue weighted by Crippen LogP contribution is -2.15. The number of hydrogen-bond donors (Lipinski definition) is 2. The fraction of sp³-hybridized carbons (Fsp3) is 0.222. The van der Waals surface area contributed by atoms with Crippen molar-refractivity contribution in [2.24, 2.45) is 10.9 Å². The largest absolute Gasteiger partial charge is 0.409 e. The molecule has 0 radical (unpaired) electrons. The Morgan fingerprint density at radius 1 is 1.64 bits per heavy atom. The molecule has 3 N–H and O–H groups in total. The van der Waals surface area contributed by atoms with Crippen LogP contribution in [-0.2, 0) is 5.75 Å². The predicted molar refractivity (Wildman–Crippen MR) is 56.1 cm³/mol. The number of rotatable bonds is 3. The molecule has 0 bridgehead atoms. The van der Waals surface area contributed by atoms with E-state index in [1.807, 2.05) is 6.26 Å². The van der Waals surface area contributed by atoms with Gasteiger partial charge in [0.2, 0.25) is 0 Å². The molecule has 0 saturated carbocycles. The van der Waals surface area contributed by atoms with Crippen molar-refractivity contribution in [2.45, 2.75) is 5.75 Å². The third-order valence-corrected chi connectivity index (χ3v) is 2.36. The Hall–Kier alpha value is -1.23. The first-order valence-electron chi connectivity index (χ1n) is 3.95. The van der Waals surface area contributed by atoms with Crippen LogP contribution in [0.1, 0.15) is 11.1 Å². The lowest BCUT2D eigenvalue weighted by molar-refractivity contribution is 0.318. The van der Waals surface area contributed by atoms with Crippen molar-refractivity contribution >= 4 is 17.6 Å². The summed E-state index contributed by atoms with van der Waals surface area (Å²) in [5, 5.41) is 11.2. The molecule has 0 aliphatic heterocycles. The Morgan fingerprint density at radius 2 is 2.36 bits per heavy atom. The third-order valence-electron chi connectivity index (χ3n) is 1.76. The molecule has 0 saturated heterocycles. The maximum atomic E-state index is 13.6. The highest BCUT2D eigenvalue weighted by Gasteiger charge is 2.10. The number of hydrogen-bond acceptors (Lipinski definition) is 3. The van der Waals surface area contributed by atoms with Gasteiger partial charge < -0.3 is 10.9 Å². The summed E-state index contributed by atoms with van der Waals surface area (Å²) in [6.45, 7) is 0. The quantitative estimate of drug-likeness (QED) is 0.349. The van der Waals surface area contributed by atoms with Gasteiger partial charge in [-0.25, -0.2) is 4.39 Å². The molecule has 0 aliphatic carbocycles. The van der Waals surface area contributed by atoms with Gasteiger partial charge >= 0.3 is 0 Å². The Bertz CT molecular complexity index is 355. The van der Waals surface area contributed by atoms with E-state index in [0.717, 1.165) is 0 Å². The lowest BCUT2D eigenvalue weighted by Gasteiger charge is -2.05. The molecule has 14 heavy (non-hydrogen) atoms. The molecule has 1 aromatic rings. The number of nitrogens with zero attached hydrogens (tertiary/aromatic N) is 1. The molecule has 0 fully saturated rings. The molecule has 0 spiro atoms. The van der Waals surface area contributed by atoms with Crippen LogP contribution >= 0.6 is 11.8 Å². The third kappa shape index (κ3) is 2.17. The van der Waals surface area contributed by atoms with Crippen LogP contribution in [0.2, 0.25) is 0 Å². The van der Waals surface area contributed by atoms with Crippen LogP contribution in [0, 0.1) is 5.82 Å². The van der Waals surface area contributed by atoms with Crippen LogP contribution in [0.25, 0.3) is 0 Å². The molecule has 1 aromatic carbocycles. The number of amidine groups is 1. The van der Waals surface area contributed by atoms with Crippen molar-refractivity contribution in [1.82, 2.24) is 0 Å². The van der Waals surface area contributed by atoms with E-state index >= 15 is 0 Å². The SMILES string of the molecule is CSCc1cccc(/C(N)=N/O)c1F. The van der Waals surface area contributed by atoms with E-state index in [1.54, 1.807) is 12.1 Å². The molecule has 0 amide bonds. The Kier molecular flexibility index (Phi) is 3.76.